The molecule has 1 unspecified atom stereocenters. The number of aromatic carboxylic acids is 1. The van der Waals surface area contributed by atoms with Gasteiger partial charge in [-0.1, -0.05) is 15.9 Å². The van der Waals surface area contributed by atoms with Crippen molar-refractivity contribution in [3.05, 3.63) is 28.2 Å². The second-order valence-corrected chi connectivity index (χ2v) is 5.25. The Morgan fingerprint density at radius 3 is 2.95 bits per heavy atom. The third-order valence-electron chi connectivity index (χ3n) is 2.93. The van der Waals surface area contributed by atoms with Crippen molar-refractivity contribution in [1.29, 1.82) is 0 Å². The van der Waals surface area contributed by atoms with Crippen molar-refractivity contribution < 1.29 is 19.4 Å². The number of ether oxygens (including phenoxy) is 1. The number of amides is 1. The van der Waals surface area contributed by atoms with Crippen molar-refractivity contribution in [2.45, 2.75) is 25.4 Å². The molecule has 1 aromatic carbocycles. The van der Waals surface area contributed by atoms with Crippen LogP contribution in [0.4, 0.5) is 0 Å². The highest BCUT2D eigenvalue weighted by atomic mass is 79.9. The minimum atomic E-state index is -1.08. The molecule has 0 aliphatic carbocycles. The average molecular weight is 328 g/mol. The highest BCUT2D eigenvalue weighted by Crippen LogP contribution is 2.25. The van der Waals surface area contributed by atoms with Crippen molar-refractivity contribution in [1.82, 2.24) is 5.32 Å². The first-order chi connectivity index (χ1) is 9.08. The maximum absolute atomic E-state index is 11.8. The zero-order valence-electron chi connectivity index (χ0n) is 10.2. The molecule has 2 rings (SSSR count). The van der Waals surface area contributed by atoms with Gasteiger partial charge in [-0.15, -0.1) is 0 Å². The van der Waals surface area contributed by atoms with E-state index >= 15 is 0 Å². The summed E-state index contributed by atoms with van der Waals surface area (Å²) in [5, 5.41) is 11.9. The molecular formula is C13H14BrNO4. The SMILES string of the molecule is O=C(O)c1cc(Br)ccc1OC1CCCCNC1=O. The lowest BCUT2D eigenvalue weighted by Crippen LogP contribution is -2.36. The standard InChI is InChI=1S/C13H14BrNO4/c14-8-4-5-10(9(7-8)13(17)18)19-11-3-1-2-6-15-12(11)16/h4-5,7,11H,1-3,6H2,(H,15,16)(H,17,18). The summed E-state index contributed by atoms with van der Waals surface area (Å²) in [6.45, 7) is 0.644. The van der Waals surface area contributed by atoms with E-state index in [-0.39, 0.29) is 17.2 Å². The van der Waals surface area contributed by atoms with Gasteiger partial charge >= 0.3 is 5.97 Å². The molecule has 1 aromatic rings. The molecular weight excluding hydrogens is 314 g/mol. The topological polar surface area (TPSA) is 75.6 Å². The van der Waals surface area contributed by atoms with Gasteiger partial charge in [0.1, 0.15) is 11.3 Å². The lowest BCUT2D eigenvalue weighted by atomic mass is 10.1. The number of hydrogen-bond donors (Lipinski definition) is 2. The summed E-state index contributed by atoms with van der Waals surface area (Å²) in [7, 11) is 0. The van der Waals surface area contributed by atoms with Crippen molar-refractivity contribution in [3.63, 3.8) is 0 Å². The normalized spacial score (nSPS) is 19.4. The van der Waals surface area contributed by atoms with E-state index in [2.05, 4.69) is 21.2 Å². The predicted octanol–water partition coefficient (Wildman–Crippen LogP) is 2.19. The third-order valence-corrected chi connectivity index (χ3v) is 3.42. The molecule has 0 bridgehead atoms. The summed E-state index contributed by atoms with van der Waals surface area (Å²) in [5.74, 6) is -1.04. The van der Waals surface area contributed by atoms with E-state index < -0.39 is 12.1 Å². The molecule has 102 valence electrons. The minimum Gasteiger partial charge on any atom is -0.480 e. The van der Waals surface area contributed by atoms with Gasteiger partial charge in [0, 0.05) is 11.0 Å². The zero-order chi connectivity index (χ0) is 13.8. The van der Waals surface area contributed by atoms with Crippen molar-refractivity contribution in [3.8, 4) is 5.75 Å². The second kappa shape index (κ2) is 6.06. The molecule has 0 spiro atoms. The Labute approximate surface area is 119 Å². The Hall–Kier alpha value is -1.56. The first-order valence-electron chi connectivity index (χ1n) is 6.05. The number of benzene rings is 1. The predicted molar refractivity (Wildman–Crippen MR) is 72.4 cm³/mol. The van der Waals surface area contributed by atoms with Crippen LogP contribution in [-0.2, 0) is 4.79 Å². The van der Waals surface area contributed by atoms with Gasteiger partial charge in [-0.25, -0.2) is 4.79 Å². The molecule has 1 saturated heterocycles. The first-order valence-corrected chi connectivity index (χ1v) is 6.84. The molecule has 1 amide bonds. The number of carbonyl (C=O) groups excluding carboxylic acids is 1. The zero-order valence-corrected chi connectivity index (χ0v) is 11.8. The van der Waals surface area contributed by atoms with Crippen molar-refractivity contribution in [2.75, 3.05) is 6.54 Å². The molecule has 2 N–H and O–H groups in total. The molecule has 19 heavy (non-hydrogen) atoms. The monoisotopic (exact) mass is 327 g/mol. The number of carboxylic acid groups (broad SMARTS) is 1. The van der Waals surface area contributed by atoms with Gasteiger partial charge in [-0.05, 0) is 37.5 Å². The van der Waals surface area contributed by atoms with E-state index in [0.717, 1.165) is 12.8 Å². The Morgan fingerprint density at radius 2 is 2.21 bits per heavy atom. The molecule has 6 heteroatoms. The maximum Gasteiger partial charge on any atom is 0.339 e. The Balaban J connectivity index is 2.22. The van der Waals surface area contributed by atoms with Crippen LogP contribution in [0.5, 0.6) is 5.75 Å². The van der Waals surface area contributed by atoms with Gasteiger partial charge in [0.2, 0.25) is 0 Å². The highest BCUT2D eigenvalue weighted by molar-refractivity contribution is 9.10. The van der Waals surface area contributed by atoms with Crippen LogP contribution in [0, 0.1) is 0 Å². The molecule has 1 fully saturated rings. The number of carbonyl (C=O) groups is 2. The number of hydrogen-bond acceptors (Lipinski definition) is 3. The van der Waals surface area contributed by atoms with E-state index in [9.17, 15) is 9.59 Å². The number of rotatable bonds is 3. The fourth-order valence-corrected chi connectivity index (χ4v) is 2.31. The summed E-state index contributed by atoms with van der Waals surface area (Å²) < 4.78 is 6.24. The smallest absolute Gasteiger partial charge is 0.339 e. The van der Waals surface area contributed by atoms with Gasteiger partial charge < -0.3 is 15.2 Å². The van der Waals surface area contributed by atoms with E-state index in [1.54, 1.807) is 12.1 Å². The van der Waals surface area contributed by atoms with E-state index in [1.807, 2.05) is 0 Å². The Kier molecular flexibility index (Phi) is 4.42. The van der Waals surface area contributed by atoms with E-state index in [4.69, 9.17) is 9.84 Å². The minimum absolute atomic E-state index is 0.0476. The Morgan fingerprint density at radius 1 is 1.42 bits per heavy atom. The molecule has 1 aliphatic heterocycles. The quantitative estimate of drug-likeness (QED) is 0.892. The van der Waals surface area contributed by atoms with Crippen LogP contribution in [0.2, 0.25) is 0 Å². The molecule has 0 saturated carbocycles. The number of nitrogens with one attached hydrogen (secondary N) is 1. The summed E-state index contributed by atoms with van der Waals surface area (Å²) >= 11 is 3.22. The second-order valence-electron chi connectivity index (χ2n) is 4.34. The number of halogens is 1. The van der Waals surface area contributed by atoms with Crippen LogP contribution in [0.1, 0.15) is 29.6 Å². The van der Waals surface area contributed by atoms with Gasteiger partial charge in [0.15, 0.2) is 6.10 Å². The third kappa shape index (κ3) is 3.47. The van der Waals surface area contributed by atoms with Gasteiger partial charge in [-0.2, -0.15) is 0 Å². The fraction of sp³-hybridized carbons (Fsp3) is 0.385. The highest BCUT2D eigenvalue weighted by Gasteiger charge is 2.24. The summed E-state index contributed by atoms with van der Waals surface area (Å²) in [6.07, 6.45) is 1.77. The lowest BCUT2D eigenvalue weighted by molar-refractivity contribution is -0.127. The van der Waals surface area contributed by atoms with Crippen LogP contribution in [0.25, 0.3) is 0 Å². The average Bonchev–Trinajstić information content (AvgIpc) is 2.57. The van der Waals surface area contributed by atoms with Crippen molar-refractivity contribution in [2.24, 2.45) is 0 Å². The van der Waals surface area contributed by atoms with Crippen molar-refractivity contribution >= 4 is 27.8 Å². The first kappa shape index (κ1) is 13.9. The summed E-state index contributed by atoms with van der Waals surface area (Å²) in [5.41, 5.74) is 0.0476. The molecule has 0 aromatic heterocycles. The molecule has 1 atom stereocenters. The Bertz CT molecular complexity index is 503. The maximum atomic E-state index is 11.8. The van der Waals surface area contributed by atoms with Crippen LogP contribution < -0.4 is 10.1 Å². The summed E-state index contributed by atoms with van der Waals surface area (Å²) in [6, 6.07) is 4.72. The molecule has 1 heterocycles. The lowest BCUT2D eigenvalue weighted by Gasteiger charge is -2.17. The van der Waals surface area contributed by atoms with Crippen LogP contribution in [0.3, 0.4) is 0 Å². The largest absolute Gasteiger partial charge is 0.480 e. The number of carboxylic acids is 1. The van der Waals surface area contributed by atoms with E-state index in [0.29, 0.717) is 17.4 Å². The van der Waals surface area contributed by atoms with Crippen LogP contribution in [-0.4, -0.2) is 29.6 Å². The summed E-state index contributed by atoms with van der Waals surface area (Å²) in [4.78, 5) is 22.9. The molecule has 5 nitrogen and oxygen atoms in total. The van der Waals surface area contributed by atoms with Crippen LogP contribution in [0.15, 0.2) is 22.7 Å². The fourth-order valence-electron chi connectivity index (χ4n) is 1.95. The van der Waals surface area contributed by atoms with Gasteiger partial charge in [-0.3, -0.25) is 4.79 Å². The van der Waals surface area contributed by atoms with Gasteiger partial charge in [0.05, 0.1) is 0 Å². The van der Waals surface area contributed by atoms with Gasteiger partial charge in [0.25, 0.3) is 5.91 Å². The molecule has 0 radical (unpaired) electrons. The molecule has 1 aliphatic rings. The van der Waals surface area contributed by atoms with Crippen LogP contribution >= 0.6 is 15.9 Å². The van der Waals surface area contributed by atoms with E-state index in [1.165, 1.54) is 6.07 Å².